The van der Waals surface area contributed by atoms with Crippen LogP contribution >= 0.6 is 0 Å². The highest BCUT2D eigenvalue weighted by Gasteiger charge is 2.16. The Morgan fingerprint density at radius 2 is 1.81 bits per heavy atom. The monoisotopic (exact) mass is 368 g/mol. The Balaban J connectivity index is 1.85. The van der Waals surface area contributed by atoms with Gasteiger partial charge in [0, 0.05) is 30.2 Å². The van der Waals surface area contributed by atoms with E-state index in [1.165, 1.54) is 23.1 Å². The molecule has 0 N–H and O–H groups in total. The molecular weight excluding hydrogens is 347 g/mol. The van der Waals surface area contributed by atoms with Gasteiger partial charge in [0.25, 0.3) is 11.5 Å². The number of pyridine rings is 1. The third kappa shape index (κ3) is 3.84. The smallest absolute Gasteiger partial charge is 0.264 e. The molecule has 0 spiro atoms. The highest BCUT2D eigenvalue weighted by Crippen LogP contribution is 2.24. The van der Waals surface area contributed by atoms with Gasteiger partial charge in [-0.15, -0.1) is 0 Å². The van der Waals surface area contributed by atoms with E-state index in [4.69, 9.17) is 4.74 Å². The molecule has 0 aliphatic carbocycles. The predicted octanol–water partition coefficient (Wildman–Crippen LogP) is 3.59. The number of halogens is 1. The summed E-state index contributed by atoms with van der Waals surface area (Å²) < 4.78 is 20.5. The van der Waals surface area contributed by atoms with E-state index in [9.17, 15) is 14.0 Å². The van der Waals surface area contributed by atoms with Crippen LogP contribution < -0.4 is 15.2 Å². The number of ether oxygens (including phenoxy) is 1. The zero-order valence-corrected chi connectivity index (χ0v) is 15.3. The van der Waals surface area contributed by atoms with Crippen molar-refractivity contribution in [3.63, 3.8) is 0 Å². The van der Waals surface area contributed by atoms with Gasteiger partial charge in [-0.2, -0.15) is 0 Å². The molecule has 0 bridgehead atoms. The second kappa shape index (κ2) is 8.03. The molecule has 1 amide bonds. The number of carbonyl (C=O) groups is 1. The Bertz CT molecular complexity index is 1010. The van der Waals surface area contributed by atoms with Gasteiger partial charge in [-0.3, -0.25) is 9.59 Å². The maximum absolute atomic E-state index is 13.1. The number of benzene rings is 2. The number of nitrogens with zero attached hydrogens (tertiary/aromatic N) is 2. The maximum atomic E-state index is 13.1. The number of fused-ring (bicyclic) bond motifs is 1. The van der Waals surface area contributed by atoms with E-state index in [2.05, 4.69) is 0 Å². The topological polar surface area (TPSA) is 51.5 Å². The summed E-state index contributed by atoms with van der Waals surface area (Å²) in [5, 5.41) is 0.775. The van der Waals surface area contributed by atoms with E-state index in [0.29, 0.717) is 24.5 Å². The molecule has 1 heterocycles. The number of anilines is 1. The van der Waals surface area contributed by atoms with Crippen LogP contribution in [0.15, 0.2) is 59.4 Å². The summed E-state index contributed by atoms with van der Waals surface area (Å²) in [6.45, 7) is 4.49. The van der Waals surface area contributed by atoms with Gasteiger partial charge >= 0.3 is 0 Å². The minimum Gasteiger partial charge on any atom is -0.483 e. The molecule has 3 aromatic rings. The third-order valence-corrected chi connectivity index (χ3v) is 4.40. The van der Waals surface area contributed by atoms with Crippen LogP contribution in [0.2, 0.25) is 0 Å². The van der Waals surface area contributed by atoms with Crippen molar-refractivity contribution < 1.29 is 13.9 Å². The van der Waals surface area contributed by atoms with Crippen LogP contribution in [-0.2, 0) is 11.3 Å². The Morgan fingerprint density at radius 1 is 1.11 bits per heavy atom. The number of amides is 1. The first-order chi connectivity index (χ1) is 13.0. The van der Waals surface area contributed by atoms with E-state index >= 15 is 0 Å². The largest absolute Gasteiger partial charge is 0.483 e. The minimum absolute atomic E-state index is 0.176. The number of para-hydroxylation sites is 1. The van der Waals surface area contributed by atoms with Crippen LogP contribution in [0.4, 0.5) is 10.1 Å². The van der Waals surface area contributed by atoms with Crippen molar-refractivity contribution in [3.05, 3.63) is 70.8 Å². The van der Waals surface area contributed by atoms with Crippen molar-refractivity contribution in [3.8, 4) is 5.75 Å². The molecule has 27 heavy (non-hydrogen) atoms. The second-order valence-electron chi connectivity index (χ2n) is 6.01. The van der Waals surface area contributed by atoms with E-state index in [1.54, 1.807) is 16.7 Å². The fourth-order valence-corrected chi connectivity index (χ4v) is 3.09. The average molecular weight is 368 g/mol. The molecule has 0 saturated heterocycles. The number of likely N-dealkylation sites (N-methyl/N-ethyl adjacent to an activating group) is 1. The lowest BCUT2D eigenvalue weighted by atomic mass is 10.2. The molecular formula is C21H21FN2O3. The lowest BCUT2D eigenvalue weighted by Gasteiger charge is -2.21. The molecule has 0 aliphatic rings. The highest BCUT2D eigenvalue weighted by atomic mass is 19.1. The predicted molar refractivity (Wildman–Crippen MR) is 104 cm³/mol. The quantitative estimate of drug-likeness (QED) is 0.668. The van der Waals surface area contributed by atoms with E-state index in [-0.39, 0.29) is 23.9 Å². The Hall–Kier alpha value is -3.15. The molecule has 0 atom stereocenters. The number of aryl methyl sites for hydroxylation is 1. The van der Waals surface area contributed by atoms with Crippen molar-refractivity contribution in [2.75, 3.05) is 18.1 Å². The average Bonchev–Trinajstić information content (AvgIpc) is 2.68. The van der Waals surface area contributed by atoms with Crippen molar-refractivity contribution in [2.45, 2.75) is 20.4 Å². The number of carbonyl (C=O) groups excluding carboxylic acids is 1. The molecule has 2 aromatic carbocycles. The highest BCUT2D eigenvalue weighted by molar-refractivity contribution is 5.94. The zero-order valence-electron chi connectivity index (χ0n) is 15.3. The zero-order chi connectivity index (χ0) is 19.4. The van der Waals surface area contributed by atoms with Crippen LogP contribution in [0.5, 0.6) is 5.75 Å². The molecule has 0 saturated carbocycles. The summed E-state index contributed by atoms with van der Waals surface area (Å²) in [6.07, 6.45) is 0. The summed E-state index contributed by atoms with van der Waals surface area (Å²) in [5.41, 5.74) is 1.18. The molecule has 0 radical (unpaired) electrons. The van der Waals surface area contributed by atoms with Crippen molar-refractivity contribution in [1.29, 1.82) is 0 Å². The summed E-state index contributed by atoms with van der Waals surface area (Å²) in [7, 11) is 0. The van der Waals surface area contributed by atoms with Gasteiger partial charge in [-0.1, -0.05) is 12.1 Å². The standard InChI is InChI=1S/C21H21FN2O3/c1-3-23(16-11-9-15(22)10-12-16)21(26)14-27-19-13-20(25)24(4-2)18-8-6-5-7-17(18)19/h5-13H,3-4,14H2,1-2H3. The number of hydrogen-bond acceptors (Lipinski definition) is 3. The summed E-state index contributed by atoms with van der Waals surface area (Å²) in [5.74, 6) is -0.252. The van der Waals surface area contributed by atoms with Crippen LogP contribution in [0.1, 0.15) is 13.8 Å². The molecule has 3 rings (SSSR count). The first-order valence-electron chi connectivity index (χ1n) is 8.86. The number of hydrogen-bond donors (Lipinski definition) is 0. The van der Waals surface area contributed by atoms with Crippen LogP contribution in [0.25, 0.3) is 10.9 Å². The van der Waals surface area contributed by atoms with Crippen LogP contribution in [0.3, 0.4) is 0 Å². The number of rotatable bonds is 6. The lowest BCUT2D eigenvalue weighted by Crippen LogP contribution is -2.35. The van der Waals surface area contributed by atoms with Gasteiger partial charge in [0.15, 0.2) is 6.61 Å². The van der Waals surface area contributed by atoms with Crippen LogP contribution in [0, 0.1) is 5.82 Å². The van der Waals surface area contributed by atoms with Gasteiger partial charge < -0.3 is 14.2 Å². The van der Waals surface area contributed by atoms with Crippen molar-refractivity contribution in [1.82, 2.24) is 4.57 Å². The van der Waals surface area contributed by atoms with Crippen LogP contribution in [-0.4, -0.2) is 23.6 Å². The van der Waals surface area contributed by atoms with E-state index < -0.39 is 0 Å². The minimum atomic E-state index is -0.360. The van der Waals surface area contributed by atoms with Gasteiger partial charge in [0.2, 0.25) is 0 Å². The van der Waals surface area contributed by atoms with E-state index in [1.807, 2.05) is 38.1 Å². The van der Waals surface area contributed by atoms with Gasteiger partial charge in [0.05, 0.1) is 5.52 Å². The first-order valence-corrected chi connectivity index (χ1v) is 8.86. The third-order valence-electron chi connectivity index (χ3n) is 4.40. The second-order valence-corrected chi connectivity index (χ2v) is 6.01. The summed E-state index contributed by atoms with van der Waals surface area (Å²) in [4.78, 5) is 26.4. The molecule has 140 valence electrons. The molecule has 1 aromatic heterocycles. The Labute approximate surface area is 156 Å². The normalized spacial score (nSPS) is 10.8. The Morgan fingerprint density at radius 3 is 2.48 bits per heavy atom. The summed E-state index contributed by atoms with van der Waals surface area (Å²) in [6, 6.07) is 14.6. The fourth-order valence-electron chi connectivity index (χ4n) is 3.09. The first kappa shape index (κ1) is 18.6. The number of aromatic nitrogens is 1. The lowest BCUT2D eigenvalue weighted by molar-refractivity contribution is -0.120. The molecule has 5 nitrogen and oxygen atoms in total. The van der Waals surface area contributed by atoms with E-state index in [0.717, 1.165) is 10.9 Å². The van der Waals surface area contributed by atoms with Crippen molar-refractivity contribution in [2.24, 2.45) is 0 Å². The maximum Gasteiger partial charge on any atom is 0.264 e. The van der Waals surface area contributed by atoms with Gasteiger partial charge in [-0.05, 0) is 50.2 Å². The SMILES string of the molecule is CCN(C(=O)COc1cc(=O)n(CC)c2ccccc12)c1ccc(F)cc1. The van der Waals surface area contributed by atoms with Crippen molar-refractivity contribution >= 4 is 22.5 Å². The molecule has 0 fully saturated rings. The van der Waals surface area contributed by atoms with Gasteiger partial charge in [0.1, 0.15) is 11.6 Å². The molecule has 6 heteroatoms. The molecule has 0 unspecified atom stereocenters. The van der Waals surface area contributed by atoms with Gasteiger partial charge in [-0.25, -0.2) is 4.39 Å². The summed E-state index contributed by atoms with van der Waals surface area (Å²) >= 11 is 0. The fraction of sp³-hybridized carbons (Fsp3) is 0.238. The molecule has 0 aliphatic heterocycles. The Kier molecular flexibility index (Phi) is 5.54.